The van der Waals surface area contributed by atoms with Crippen molar-refractivity contribution in [3.8, 4) is 17.2 Å². The smallest absolute Gasteiger partial charge is 0.303 e. The number of ketones is 3. The molecule has 3 aliphatic rings. The molecule has 0 bridgehead atoms. The number of hydrogen-bond acceptors (Lipinski definition) is 13. The van der Waals surface area contributed by atoms with Crippen LogP contribution in [0.2, 0.25) is 0 Å². The summed E-state index contributed by atoms with van der Waals surface area (Å²) in [5.74, 6) is -6.01. The van der Waals surface area contributed by atoms with Crippen LogP contribution in [0.15, 0.2) is 18.2 Å². The number of amides is 1. The van der Waals surface area contributed by atoms with E-state index in [9.17, 15) is 49.5 Å². The van der Waals surface area contributed by atoms with E-state index in [1.807, 2.05) is 0 Å². The molecule has 0 spiro atoms. The van der Waals surface area contributed by atoms with E-state index in [0.29, 0.717) is 0 Å². The van der Waals surface area contributed by atoms with Crippen LogP contribution in [-0.2, 0) is 30.3 Å². The third kappa shape index (κ3) is 5.60. The van der Waals surface area contributed by atoms with Crippen molar-refractivity contribution in [2.45, 2.75) is 75.3 Å². The molecular formula is C31H33NO14. The average molecular weight is 644 g/mol. The molecule has 0 aromatic heterocycles. The number of aliphatic carboxylic acids is 1. The molecule has 1 heterocycles. The largest absolute Gasteiger partial charge is 0.507 e. The van der Waals surface area contributed by atoms with Gasteiger partial charge in [-0.3, -0.25) is 24.0 Å². The highest BCUT2D eigenvalue weighted by Gasteiger charge is 2.50. The number of carboxylic acid groups (broad SMARTS) is 1. The SMILES string of the molecule is COc1cccc2c1C(=O)c1c(O)c3c(c(O)c1C2=O)C[C@@](O)(C(=O)CO)C[C@@H]3O[C@H]1C[C@@H](NC(=O)CCC(=O)O)[C@H](O)C(C)O1. The van der Waals surface area contributed by atoms with Gasteiger partial charge in [-0.15, -0.1) is 0 Å². The number of fused-ring (bicyclic) bond motifs is 3. The van der Waals surface area contributed by atoms with Crippen molar-refractivity contribution in [1.29, 1.82) is 0 Å². The molecule has 1 unspecified atom stereocenters. The fourth-order valence-corrected chi connectivity index (χ4v) is 6.36. The summed E-state index contributed by atoms with van der Waals surface area (Å²) in [6.45, 7) is 0.389. The third-order valence-corrected chi connectivity index (χ3v) is 8.67. The number of aromatic hydroxyl groups is 2. The van der Waals surface area contributed by atoms with Crippen molar-refractivity contribution < 1.29 is 68.8 Å². The number of phenols is 2. The number of phenolic OH excluding ortho intramolecular Hbond substituents is 2. The summed E-state index contributed by atoms with van der Waals surface area (Å²) < 4.78 is 17.1. The van der Waals surface area contributed by atoms with E-state index in [4.69, 9.17) is 19.3 Å². The summed E-state index contributed by atoms with van der Waals surface area (Å²) in [7, 11) is 1.29. The van der Waals surface area contributed by atoms with Crippen molar-refractivity contribution in [2.75, 3.05) is 13.7 Å². The second-order valence-corrected chi connectivity index (χ2v) is 11.6. The van der Waals surface area contributed by atoms with E-state index >= 15 is 0 Å². The second kappa shape index (κ2) is 12.4. The van der Waals surface area contributed by atoms with Gasteiger partial charge in [0.2, 0.25) is 11.7 Å². The van der Waals surface area contributed by atoms with Crippen molar-refractivity contribution in [1.82, 2.24) is 5.32 Å². The Morgan fingerprint density at radius 2 is 1.76 bits per heavy atom. The molecule has 1 aliphatic heterocycles. The monoisotopic (exact) mass is 643 g/mol. The van der Waals surface area contributed by atoms with Gasteiger partial charge in [-0.25, -0.2) is 0 Å². The van der Waals surface area contributed by atoms with E-state index in [1.165, 1.54) is 32.2 Å². The molecule has 7 N–H and O–H groups in total. The molecule has 1 fully saturated rings. The number of benzene rings is 2. The van der Waals surface area contributed by atoms with E-state index in [1.54, 1.807) is 0 Å². The molecule has 2 aromatic carbocycles. The second-order valence-electron chi connectivity index (χ2n) is 11.6. The number of carbonyl (C=O) groups is 5. The Morgan fingerprint density at radius 1 is 1.07 bits per heavy atom. The first kappa shape index (κ1) is 33.0. The first-order valence-corrected chi connectivity index (χ1v) is 14.5. The predicted octanol–water partition coefficient (Wildman–Crippen LogP) is 0.0236. The van der Waals surface area contributed by atoms with Gasteiger partial charge in [-0.1, -0.05) is 12.1 Å². The topological polar surface area (TPSA) is 246 Å². The van der Waals surface area contributed by atoms with Gasteiger partial charge in [0.05, 0.1) is 48.5 Å². The van der Waals surface area contributed by atoms with Crippen LogP contribution in [0.25, 0.3) is 0 Å². The molecule has 2 aromatic rings. The van der Waals surface area contributed by atoms with Crippen LogP contribution >= 0.6 is 0 Å². The Labute approximate surface area is 261 Å². The molecule has 2 aliphatic carbocycles. The highest BCUT2D eigenvalue weighted by atomic mass is 16.7. The number of methoxy groups -OCH3 is 1. The summed E-state index contributed by atoms with van der Waals surface area (Å²) in [5, 5.41) is 66.1. The van der Waals surface area contributed by atoms with Gasteiger partial charge in [0.25, 0.3) is 0 Å². The Bertz CT molecular complexity index is 1640. The molecule has 1 amide bonds. The number of carbonyl (C=O) groups excluding carboxylic acids is 4. The number of aliphatic hydroxyl groups is 3. The zero-order chi connectivity index (χ0) is 33.7. The van der Waals surface area contributed by atoms with E-state index < -0.39 is 114 Å². The van der Waals surface area contributed by atoms with Crippen LogP contribution in [0, 0.1) is 0 Å². The average Bonchev–Trinajstić information content (AvgIpc) is 3.01. The maximum absolute atomic E-state index is 13.8. The lowest BCUT2D eigenvalue weighted by atomic mass is 9.72. The molecule has 15 nitrogen and oxygen atoms in total. The maximum Gasteiger partial charge on any atom is 0.303 e. The number of Topliss-reactive ketones (excluding diaryl/α,β-unsaturated/α-hetero) is 1. The fraction of sp³-hybridized carbons (Fsp3) is 0.452. The molecule has 1 saturated heterocycles. The van der Waals surface area contributed by atoms with Crippen LogP contribution in [0.1, 0.15) is 81.7 Å². The number of carboxylic acids is 1. The summed E-state index contributed by atoms with van der Waals surface area (Å²) in [6.07, 6.45) is -7.18. The minimum Gasteiger partial charge on any atom is -0.507 e. The minimum absolute atomic E-state index is 0.0495. The predicted molar refractivity (Wildman–Crippen MR) is 153 cm³/mol. The van der Waals surface area contributed by atoms with Crippen LogP contribution in [0.5, 0.6) is 17.2 Å². The maximum atomic E-state index is 13.8. The van der Waals surface area contributed by atoms with Crippen LogP contribution in [0.3, 0.4) is 0 Å². The fourth-order valence-electron chi connectivity index (χ4n) is 6.36. The molecule has 6 atom stereocenters. The van der Waals surface area contributed by atoms with Gasteiger partial charge in [-0.05, 0) is 13.0 Å². The quantitative estimate of drug-likeness (QED) is 0.152. The Hall–Kier alpha value is -4.41. The van der Waals surface area contributed by atoms with Crippen LogP contribution in [0.4, 0.5) is 0 Å². The lowest BCUT2D eigenvalue weighted by Crippen LogP contribution is -2.55. The van der Waals surface area contributed by atoms with Gasteiger partial charge < -0.3 is 50.2 Å². The molecule has 0 saturated carbocycles. The Kier molecular flexibility index (Phi) is 8.90. The van der Waals surface area contributed by atoms with Gasteiger partial charge >= 0.3 is 5.97 Å². The van der Waals surface area contributed by atoms with Gasteiger partial charge in [0.15, 0.2) is 17.9 Å². The van der Waals surface area contributed by atoms with Crippen molar-refractivity contribution >= 4 is 29.2 Å². The Balaban J connectivity index is 1.57. The summed E-state index contributed by atoms with van der Waals surface area (Å²) >= 11 is 0. The first-order chi connectivity index (χ1) is 21.7. The third-order valence-electron chi connectivity index (χ3n) is 8.67. The number of ether oxygens (including phenoxy) is 3. The summed E-state index contributed by atoms with van der Waals surface area (Å²) in [4.78, 5) is 63.4. The normalized spacial score (nSPS) is 26.8. The number of nitrogens with one attached hydrogen (secondary N) is 1. The molecule has 0 radical (unpaired) electrons. The van der Waals surface area contributed by atoms with Crippen molar-refractivity contribution in [3.63, 3.8) is 0 Å². The molecule has 46 heavy (non-hydrogen) atoms. The highest BCUT2D eigenvalue weighted by Crippen LogP contribution is 2.52. The van der Waals surface area contributed by atoms with Gasteiger partial charge in [-0.2, -0.15) is 0 Å². The van der Waals surface area contributed by atoms with Crippen LogP contribution < -0.4 is 10.1 Å². The standard InChI is InChI=1S/C31H33NO14/c1-12-26(38)15(32-19(35)6-7-20(36)37)8-21(45-12)46-17-10-31(43,18(34)11-33)9-14-23(17)30(42)25-24(28(14)40)27(39)13-4-3-5-16(44-2)22(13)29(25)41/h3-5,12,15,17,21,26,33,38,40,42-43H,6-11H2,1-2H3,(H,32,35)(H,36,37)/t12?,15-,17+,21+,26-,31+/m1/s1. The zero-order valence-electron chi connectivity index (χ0n) is 24.8. The number of aliphatic hydroxyl groups excluding tert-OH is 2. The van der Waals surface area contributed by atoms with Crippen LogP contribution in [-0.4, -0.2) is 104 Å². The lowest BCUT2D eigenvalue weighted by Gasteiger charge is -2.43. The minimum atomic E-state index is -2.35. The lowest BCUT2D eigenvalue weighted by molar-refractivity contribution is -0.249. The molecule has 5 rings (SSSR count). The van der Waals surface area contributed by atoms with E-state index in [0.717, 1.165) is 0 Å². The Morgan fingerprint density at radius 3 is 2.41 bits per heavy atom. The summed E-state index contributed by atoms with van der Waals surface area (Å²) in [6, 6.07) is 3.28. The first-order valence-electron chi connectivity index (χ1n) is 14.5. The molecule has 246 valence electrons. The highest BCUT2D eigenvalue weighted by molar-refractivity contribution is 6.31. The molecule has 15 heteroatoms. The van der Waals surface area contributed by atoms with Crippen molar-refractivity contribution in [3.05, 3.63) is 51.6 Å². The summed E-state index contributed by atoms with van der Waals surface area (Å²) in [5.41, 5.74) is -4.16. The van der Waals surface area contributed by atoms with Crippen molar-refractivity contribution in [2.24, 2.45) is 0 Å². The van der Waals surface area contributed by atoms with Gasteiger partial charge in [0, 0.05) is 42.4 Å². The van der Waals surface area contributed by atoms with E-state index in [-0.39, 0.29) is 40.8 Å². The van der Waals surface area contributed by atoms with E-state index in [2.05, 4.69) is 5.32 Å². The number of rotatable bonds is 9. The van der Waals surface area contributed by atoms with Gasteiger partial charge in [0.1, 0.15) is 35.6 Å². The molecular weight excluding hydrogens is 610 g/mol. The number of hydrogen-bond donors (Lipinski definition) is 7. The zero-order valence-corrected chi connectivity index (χ0v) is 24.8.